The summed E-state index contributed by atoms with van der Waals surface area (Å²) in [5.41, 5.74) is 0. The summed E-state index contributed by atoms with van der Waals surface area (Å²) >= 11 is 0. The van der Waals surface area contributed by atoms with Gasteiger partial charge in [-0.3, -0.25) is 9.59 Å². The molecule has 0 saturated carbocycles. The predicted octanol–water partition coefficient (Wildman–Crippen LogP) is 8.68. The van der Waals surface area contributed by atoms with Gasteiger partial charge in [0, 0.05) is 12.8 Å². The molecule has 0 heterocycles. The van der Waals surface area contributed by atoms with Crippen molar-refractivity contribution in [1.82, 2.24) is 0 Å². The smallest absolute Gasteiger partial charge is 0.313 e. The Bertz CT molecular complexity index is 365. The van der Waals surface area contributed by atoms with Gasteiger partial charge in [0.2, 0.25) is 0 Å². The number of hydrogen-bond acceptors (Lipinski definition) is 3. The fraction of sp³-hybridized carbons (Fsp3) is 0.923. The van der Waals surface area contributed by atoms with Gasteiger partial charge in [0.25, 0.3) is 0 Å². The maximum atomic E-state index is 11.7. The summed E-state index contributed by atoms with van der Waals surface area (Å²) in [6, 6.07) is 0. The maximum Gasteiger partial charge on any atom is 0.313 e. The third-order valence-corrected chi connectivity index (χ3v) is 5.70. The van der Waals surface area contributed by atoms with Gasteiger partial charge in [-0.15, -0.1) is 0 Å². The van der Waals surface area contributed by atoms with E-state index < -0.39 is 0 Å². The minimum Gasteiger partial charge on any atom is -0.393 e. The van der Waals surface area contributed by atoms with Gasteiger partial charge in [0.1, 0.15) is 0 Å². The lowest BCUT2D eigenvalue weighted by atomic mass is 10.0. The van der Waals surface area contributed by atoms with E-state index in [1.54, 1.807) is 0 Å². The van der Waals surface area contributed by atoms with E-state index in [-0.39, 0.29) is 11.9 Å². The fourth-order valence-corrected chi connectivity index (χ4v) is 3.74. The molecule has 0 aromatic heterocycles. The summed E-state index contributed by atoms with van der Waals surface area (Å²) < 4.78 is 4.92. The molecular formula is C26H50O3. The molecule has 0 aromatic carbocycles. The molecule has 0 amide bonds. The fourth-order valence-electron chi connectivity index (χ4n) is 3.74. The summed E-state index contributed by atoms with van der Waals surface area (Å²) in [6.07, 6.45) is 25.7. The normalized spacial score (nSPS) is 11.0. The van der Waals surface area contributed by atoms with Gasteiger partial charge in [-0.05, 0) is 12.8 Å². The van der Waals surface area contributed by atoms with Crippen LogP contribution in [0.5, 0.6) is 0 Å². The molecule has 3 nitrogen and oxygen atoms in total. The minimum atomic E-state index is -0.335. The van der Waals surface area contributed by atoms with Crippen molar-refractivity contribution in [3.63, 3.8) is 0 Å². The zero-order chi connectivity index (χ0) is 21.4. The summed E-state index contributed by atoms with van der Waals surface area (Å²) in [6.45, 7) is 4.48. The number of hydrogen-bond donors (Lipinski definition) is 0. The molecule has 0 aliphatic rings. The van der Waals surface area contributed by atoms with E-state index in [0.717, 1.165) is 25.7 Å². The summed E-state index contributed by atoms with van der Waals surface area (Å²) in [5, 5.41) is 0. The van der Waals surface area contributed by atoms with E-state index in [2.05, 4.69) is 13.8 Å². The van der Waals surface area contributed by atoms with Crippen LogP contribution in [-0.4, -0.2) is 11.9 Å². The minimum absolute atomic E-state index is 0.332. The van der Waals surface area contributed by atoms with Gasteiger partial charge in [0.05, 0.1) is 0 Å². The van der Waals surface area contributed by atoms with Crippen molar-refractivity contribution in [3.05, 3.63) is 0 Å². The van der Waals surface area contributed by atoms with Crippen LogP contribution in [0.2, 0.25) is 0 Å². The van der Waals surface area contributed by atoms with Crippen molar-refractivity contribution >= 4 is 11.9 Å². The zero-order valence-electron chi connectivity index (χ0n) is 19.8. The standard InChI is InChI=1S/C26H50O3/c1-3-5-7-9-11-12-13-14-15-16-18-20-22-24-26(28)29-25(27)23-21-19-17-10-8-6-4-2/h3-24H2,1-2H3. The van der Waals surface area contributed by atoms with Crippen LogP contribution >= 0.6 is 0 Å². The second-order valence-corrected chi connectivity index (χ2v) is 8.71. The largest absolute Gasteiger partial charge is 0.393 e. The average molecular weight is 411 g/mol. The Morgan fingerprint density at radius 2 is 0.655 bits per heavy atom. The summed E-state index contributed by atoms with van der Waals surface area (Å²) in [7, 11) is 0. The molecule has 0 saturated heterocycles. The van der Waals surface area contributed by atoms with Gasteiger partial charge in [-0.25, -0.2) is 0 Å². The predicted molar refractivity (Wildman–Crippen MR) is 124 cm³/mol. The molecule has 172 valence electrons. The molecule has 29 heavy (non-hydrogen) atoms. The maximum absolute atomic E-state index is 11.7. The Labute approximate surface area is 181 Å². The number of esters is 2. The first-order chi connectivity index (χ1) is 14.2. The molecule has 0 fully saturated rings. The Kier molecular flexibility index (Phi) is 22.7. The van der Waals surface area contributed by atoms with E-state index in [4.69, 9.17) is 4.74 Å². The highest BCUT2D eigenvalue weighted by Crippen LogP contribution is 2.13. The Balaban J connectivity index is 3.29. The van der Waals surface area contributed by atoms with Crippen molar-refractivity contribution in [2.45, 2.75) is 155 Å². The van der Waals surface area contributed by atoms with E-state index in [9.17, 15) is 9.59 Å². The highest BCUT2D eigenvalue weighted by atomic mass is 16.6. The highest BCUT2D eigenvalue weighted by Gasteiger charge is 2.09. The quantitative estimate of drug-likeness (QED) is 0.102. The van der Waals surface area contributed by atoms with Gasteiger partial charge < -0.3 is 4.74 Å². The molecule has 0 aromatic rings. The van der Waals surface area contributed by atoms with Crippen molar-refractivity contribution in [3.8, 4) is 0 Å². The Hall–Kier alpha value is -0.860. The van der Waals surface area contributed by atoms with Crippen LogP contribution in [0.1, 0.15) is 155 Å². The van der Waals surface area contributed by atoms with E-state index in [1.165, 1.54) is 103 Å². The topological polar surface area (TPSA) is 43.4 Å². The first kappa shape index (κ1) is 28.1. The van der Waals surface area contributed by atoms with Crippen LogP contribution in [0.15, 0.2) is 0 Å². The zero-order valence-corrected chi connectivity index (χ0v) is 19.8. The average Bonchev–Trinajstić information content (AvgIpc) is 2.70. The number of carbonyl (C=O) groups is 2. The number of rotatable bonds is 22. The van der Waals surface area contributed by atoms with Crippen LogP contribution in [0.4, 0.5) is 0 Å². The molecule has 0 aliphatic carbocycles. The van der Waals surface area contributed by atoms with E-state index in [0.29, 0.717) is 12.8 Å². The molecule has 0 radical (unpaired) electrons. The third-order valence-electron chi connectivity index (χ3n) is 5.70. The molecule has 0 spiro atoms. The highest BCUT2D eigenvalue weighted by molar-refractivity contribution is 5.85. The van der Waals surface area contributed by atoms with Crippen molar-refractivity contribution in [1.29, 1.82) is 0 Å². The summed E-state index contributed by atoms with van der Waals surface area (Å²) in [5.74, 6) is -0.667. The SMILES string of the molecule is CCCCCCCCCCCCCCCC(=O)OC(=O)CCCCCCCCC. The third kappa shape index (κ3) is 23.3. The number of carbonyl (C=O) groups excluding carboxylic acids is 2. The Morgan fingerprint density at radius 3 is 0.931 bits per heavy atom. The molecule has 3 heteroatoms. The lowest BCUT2D eigenvalue weighted by Gasteiger charge is -2.04. The van der Waals surface area contributed by atoms with E-state index >= 15 is 0 Å². The van der Waals surface area contributed by atoms with Crippen LogP contribution in [0.3, 0.4) is 0 Å². The van der Waals surface area contributed by atoms with Gasteiger partial charge in [-0.1, -0.05) is 129 Å². The first-order valence-electron chi connectivity index (χ1n) is 12.9. The number of ether oxygens (including phenoxy) is 1. The second kappa shape index (κ2) is 23.4. The lowest BCUT2D eigenvalue weighted by Crippen LogP contribution is -2.11. The van der Waals surface area contributed by atoms with Gasteiger partial charge in [0.15, 0.2) is 0 Å². The molecule has 0 aliphatic heterocycles. The van der Waals surface area contributed by atoms with Crippen molar-refractivity contribution in [2.24, 2.45) is 0 Å². The lowest BCUT2D eigenvalue weighted by molar-refractivity contribution is -0.159. The number of unbranched alkanes of at least 4 members (excludes halogenated alkanes) is 18. The first-order valence-corrected chi connectivity index (χ1v) is 12.9. The molecule has 0 N–H and O–H groups in total. The van der Waals surface area contributed by atoms with Crippen LogP contribution in [0, 0.1) is 0 Å². The Morgan fingerprint density at radius 1 is 0.414 bits per heavy atom. The molecular weight excluding hydrogens is 360 g/mol. The molecule has 0 atom stereocenters. The monoisotopic (exact) mass is 410 g/mol. The molecule has 0 rings (SSSR count). The van der Waals surface area contributed by atoms with Crippen LogP contribution in [0.25, 0.3) is 0 Å². The van der Waals surface area contributed by atoms with Crippen LogP contribution < -0.4 is 0 Å². The molecule has 0 bridgehead atoms. The van der Waals surface area contributed by atoms with Crippen LogP contribution in [-0.2, 0) is 14.3 Å². The van der Waals surface area contributed by atoms with Crippen molar-refractivity contribution < 1.29 is 14.3 Å². The second-order valence-electron chi connectivity index (χ2n) is 8.71. The summed E-state index contributed by atoms with van der Waals surface area (Å²) in [4.78, 5) is 23.4. The van der Waals surface area contributed by atoms with Gasteiger partial charge >= 0.3 is 11.9 Å². The van der Waals surface area contributed by atoms with Gasteiger partial charge in [-0.2, -0.15) is 0 Å². The van der Waals surface area contributed by atoms with E-state index in [1.807, 2.05) is 0 Å². The molecule has 0 unspecified atom stereocenters. The van der Waals surface area contributed by atoms with Crippen molar-refractivity contribution in [2.75, 3.05) is 0 Å².